The molecule has 3 rings (SSSR count). The molecule has 0 saturated carbocycles. The lowest BCUT2D eigenvalue weighted by molar-refractivity contribution is 0.0951. The average Bonchev–Trinajstić information content (AvgIpc) is 3.04. The molecule has 3 heteroatoms. The van der Waals surface area contributed by atoms with E-state index in [0.717, 1.165) is 22.6 Å². The average molecular weight is 258 g/mol. The highest BCUT2D eigenvalue weighted by atomic mass is 32.1. The van der Waals surface area contributed by atoms with Crippen molar-refractivity contribution in [3.8, 4) is 5.75 Å². The van der Waals surface area contributed by atoms with Crippen LogP contribution in [-0.2, 0) is 6.42 Å². The topological polar surface area (TPSA) is 26.3 Å². The molecule has 0 saturated heterocycles. The Balaban J connectivity index is 1.90. The van der Waals surface area contributed by atoms with Gasteiger partial charge in [-0.1, -0.05) is 25.1 Å². The van der Waals surface area contributed by atoms with Crippen molar-refractivity contribution in [1.82, 2.24) is 0 Å². The van der Waals surface area contributed by atoms with E-state index >= 15 is 0 Å². The van der Waals surface area contributed by atoms with Crippen LogP contribution in [0.2, 0.25) is 0 Å². The van der Waals surface area contributed by atoms with Crippen molar-refractivity contribution in [1.29, 1.82) is 0 Å². The molecule has 2 aromatic rings. The highest BCUT2D eigenvalue weighted by Crippen LogP contribution is 2.36. The van der Waals surface area contributed by atoms with Crippen LogP contribution in [0.15, 0.2) is 36.4 Å². The van der Waals surface area contributed by atoms with Gasteiger partial charge >= 0.3 is 0 Å². The van der Waals surface area contributed by atoms with Crippen LogP contribution in [0.1, 0.15) is 33.0 Å². The van der Waals surface area contributed by atoms with E-state index in [1.165, 1.54) is 4.88 Å². The van der Waals surface area contributed by atoms with Crippen molar-refractivity contribution in [2.45, 2.75) is 19.3 Å². The first kappa shape index (κ1) is 11.5. The summed E-state index contributed by atoms with van der Waals surface area (Å²) in [6, 6.07) is 11.8. The van der Waals surface area contributed by atoms with Gasteiger partial charge in [-0.25, -0.2) is 0 Å². The lowest BCUT2D eigenvalue weighted by Crippen LogP contribution is -2.12. The molecule has 1 unspecified atom stereocenters. The van der Waals surface area contributed by atoms with Crippen molar-refractivity contribution in [3.63, 3.8) is 0 Å². The lowest BCUT2D eigenvalue weighted by atomic mass is 9.96. The van der Waals surface area contributed by atoms with E-state index < -0.39 is 0 Å². The van der Waals surface area contributed by atoms with Crippen LogP contribution in [0.3, 0.4) is 0 Å². The number of hydrogen-bond donors (Lipinski definition) is 0. The first-order chi connectivity index (χ1) is 8.79. The molecule has 18 heavy (non-hydrogen) atoms. The van der Waals surface area contributed by atoms with Crippen LogP contribution in [0, 0.1) is 0 Å². The predicted octanol–water partition coefficient (Wildman–Crippen LogP) is 3.67. The van der Waals surface area contributed by atoms with Gasteiger partial charge in [-0.2, -0.15) is 0 Å². The monoisotopic (exact) mass is 258 g/mol. The number of carbonyl (C=O) groups is 1. The summed E-state index contributed by atoms with van der Waals surface area (Å²) < 4.78 is 5.57. The third kappa shape index (κ3) is 1.85. The maximum Gasteiger partial charge on any atom is 0.183 e. The summed E-state index contributed by atoms with van der Waals surface area (Å²) in [5, 5.41) is 0. The summed E-state index contributed by atoms with van der Waals surface area (Å²) in [6.45, 7) is 2.58. The van der Waals surface area contributed by atoms with Crippen LogP contribution in [-0.4, -0.2) is 12.4 Å². The van der Waals surface area contributed by atoms with E-state index in [0.29, 0.717) is 6.61 Å². The Kier molecular flexibility index (Phi) is 2.92. The fraction of sp³-hybridized carbons (Fsp3) is 0.267. The van der Waals surface area contributed by atoms with E-state index in [-0.39, 0.29) is 11.7 Å². The second-order valence-corrected chi connectivity index (χ2v) is 5.55. The normalized spacial score (nSPS) is 17.3. The maximum absolute atomic E-state index is 12.5. The van der Waals surface area contributed by atoms with E-state index in [1.807, 2.05) is 36.4 Å². The van der Waals surface area contributed by atoms with Gasteiger partial charge in [-0.15, -0.1) is 11.3 Å². The molecule has 0 fully saturated rings. The van der Waals surface area contributed by atoms with Gasteiger partial charge in [0.2, 0.25) is 0 Å². The Morgan fingerprint density at radius 3 is 2.94 bits per heavy atom. The first-order valence-corrected chi connectivity index (χ1v) is 6.96. The summed E-state index contributed by atoms with van der Waals surface area (Å²) in [5.74, 6) is 0.900. The number of fused-ring (bicyclic) bond motifs is 1. The Morgan fingerprint density at radius 1 is 1.33 bits per heavy atom. The van der Waals surface area contributed by atoms with Crippen molar-refractivity contribution in [3.05, 3.63) is 51.7 Å². The van der Waals surface area contributed by atoms with Gasteiger partial charge in [0, 0.05) is 10.4 Å². The van der Waals surface area contributed by atoms with E-state index in [4.69, 9.17) is 4.74 Å². The Labute approximate surface area is 110 Å². The second-order valence-electron chi connectivity index (χ2n) is 4.39. The fourth-order valence-corrected chi connectivity index (χ4v) is 3.19. The van der Waals surface area contributed by atoms with Gasteiger partial charge in [-0.05, 0) is 24.6 Å². The van der Waals surface area contributed by atoms with Gasteiger partial charge in [0.15, 0.2) is 5.78 Å². The van der Waals surface area contributed by atoms with Crippen LogP contribution in [0.25, 0.3) is 0 Å². The van der Waals surface area contributed by atoms with Gasteiger partial charge in [-0.3, -0.25) is 4.79 Å². The number of Topliss-reactive ketones (excluding diaryl/α,β-unsaturated/α-hetero) is 1. The molecule has 1 aromatic carbocycles. The van der Waals surface area contributed by atoms with E-state index in [9.17, 15) is 4.79 Å². The zero-order valence-corrected chi connectivity index (χ0v) is 11.0. The quantitative estimate of drug-likeness (QED) is 0.785. The highest BCUT2D eigenvalue weighted by molar-refractivity contribution is 7.14. The summed E-state index contributed by atoms with van der Waals surface area (Å²) in [5.41, 5.74) is 1.02. The SMILES string of the molecule is CCc1ccc(C(=O)C2COc3ccccc32)s1. The summed E-state index contributed by atoms with van der Waals surface area (Å²) in [6.07, 6.45) is 0.982. The largest absolute Gasteiger partial charge is 0.492 e. The zero-order valence-electron chi connectivity index (χ0n) is 10.2. The number of para-hydroxylation sites is 1. The van der Waals surface area contributed by atoms with Crippen LogP contribution < -0.4 is 4.74 Å². The lowest BCUT2D eigenvalue weighted by Gasteiger charge is -2.05. The van der Waals surface area contributed by atoms with Gasteiger partial charge < -0.3 is 4.74 Å². The third-order valence-corrected chi connectivity index (χ3v) is 4.51. The van der Waals surface area contributed by atoms with Crippen molar-refractivity contribution < 1.29 is 9.53 Å². The molecule has 0 spiro atoms. The molecule has 0 aliphatic carbocycles. The number of ether oxygens (including phenoxy) is 1. The molecule has 1 aromatic heterocycles. The van der Waals surface area contributed by atoms with Crippen molar-refractivity contribution >= 4 is 17.1 Å². The summed E-state index contributed by atoms with van der Waals surface area (Å²) in [4.78, 5) is 14.6. The number of hydrogen-bond acceptors (Lipinski definition) is 3. The molecule has 2 heterocycles. The molecule has 92 valence electrons. The number of carbonyl (C=O) groups excluding carboxylic acids is 1. The second kappa shape index (κ2) is 4.58. The molecule has 0 amide bonds. The molecule has 2 nitrogen and oxygen atoms in total. The van der Waals surface area contributed by atoms with Crippen molar-refractivity contribution in [2.24, 2.45) is 0 Å². The minimum absolute atomic E-state index is 0.135. The fourth-order valence-electron chi connectivity index (χ4n) is 2.25. The minimum Gasteiger partial charge on any atom is -0.492 e. The number of thiophene rings is 1. The molecule has 0 N–H and O–H groups in total. The Bertz CT molecular complexity index is 586. The molecular weight excluding hydrogens is 244 g/mol. The molecule has 0 bridgehead atoms. The minimum atomic E-state index is -0.135. The summed E-state index contributed by atoms with van der Waals surface area (Å²) >= 11 is 1.60. The van der Waals surface area contributed by atoms with E-state index in [1.54, 1.807) is 11.3 Å². The molecule has 1 aliphatic heterocycles. The summed E-state index contributed by atoms with van der Waals surface area (Å²) in [7, 11) is 0. The standard InChI is InChI=1S/C15H14O2S/c1-2-10-7-8-14(18-10)15(16)12-9-17-13-6-4-3-5-11(12)13/h3-8,12H,2,9H2,1H3. The number of benzene rings is 1. The first-order valence-electron chi connectivity index (χ1n) is 6.14. The molecule has 1 aliphatic rings. The number of ketones is 1. The van der Waals surface area contributed by atoms with Gasteiger partial charge in [0.05, 0.1) is 10.8 Å². The third-order valence-electron chi connectivity index (χ3n) is 3.27. The van der Waals surface area contributed by atoms with Gasteiger partial charge in [0.25, 0.3) is 0 Å². The van der Waals surface area contributed by atoms with E-state index in [2.05, 4.69) is 6.92 Å². The molecule has 1 atom stereocenters. The zero-order chi connectivity index (χ0) is 12.5. The predicted molar refractivity (Wildman–Crippen MR) is 72.7 cm³/mol. The number of aryl methyl sites for hydroxylation is 1. The van der Waals surface area contributed by atoms with Crippen LogP contribution >= 0.6 is 11.3 Å². The van der Waals surface area contributed by atoms with Gasteiger partial charge in [0.1, 0.15) is 12.4 Å². The molecular formula is C15H14O2S. The smallest absolute Gasteiger partial charge is 0.183 e. The highest BCUT2D eigenvalue weighted by Gasteiger charge is 2.31. The molecule has 0 radical (unpaired) electrons. The maximum atomic E-state index is 12.5. The van der Waals surface area contributed by atoms with Crippen molar-refractivity contribution in [2.75, 3.05) is 6.61 Å². The Hall–Kier alpha value is -1.61. The van der Waals surface area contributed by atoms with Crippen LogP contribution in [0.5, 0.6) is 5.75 Å². The number of rotatable bonds is 3. The van der Waals surface area contributed by atoms with Crippen LogP contribution in [0.4, 0.5) is 0 Å². The Morgan fingerprint density at radius 2 is 2.17 bits per heavy atom.